The van der Waals surface area contributed by atoms with Gasteiger partial charge in [0.15, 0.2) is 11.5 Å². The van der Waals surface area contributed by atoms with E-state index < -0.39 is 0 Å². The molecule has 1 aliphatic rings. The Morgan fingerprint density at radius 1 is 1.26 bits per heavy atom. The first-order valence-electron chi connectivity index (χ1n) is 7.47. The van der Waals surface area contributed by atoms with E-state index in [4.69, 9.17) is 9.47 Å². The number of methoxy groups -OCH3 is 1. The van der Waals surface area contributed by atoms with E-state index in [1.54, 1.807) is 13.4 Å². The van der Waals surface area contributed by atoms with Crippen molar-refractivity contribution in [2.24, 2.45) is 4.99 Å². The highest BCUT2D eigenvalue weighted by molar-refractivity contribution is 7.13. The molecule has 23 heavy (non-hydrogen) atoms. The Hall–Kier alpha value is -2.15. The summed E-state index contributed by atoms with van der Waals surface area (Å²) in [5.74, 6) is 1.84. The predicted molar refractivity (Wildman–Crippen MR) is 91.5 cm³/mol. The molecule has 122 valence electrons. The molecule has 0 spiro atoms. The molecular formula is C16H20N4O2S. The lowest BCUT2D eigenvalue weighted by Crippen LogP contribution is -2.07. The van der Waals surface area contributed by atoms with Crippen LogP contribution in [0.1, 0.15) is 29.3 Å². The summed E-state index contributed by atoms with van der Waals surface area (Å²) >= 11 is 1.51. The first-order valence-corrected chi connectivity index (χ1v) is 8.29. The highest BCUT2D eigenvalue weighted by Gasteiger charge is 2.28. The van der Waals surface area contributed by atoms with Gasteiger partial charge < -0.3 is 14.4 Å². The summed E-state index contributed by atoms with van der Waals surface area (Å²) < 4.78 is 11.3. The molecule has 0 unspecified atom stereocenters. The summed E-state index contributed by atoms with van der Waals surface area (Å²) in [4.78, 5) is 6.32. The van der Waals surface area contributed by atoms with Crippen LogP contribution >= 0.6 is 11.3 Å². The van der Waals surface area contributed by atoms with Crippen LogP contribution < -0.4 is 9.47 Å². The Labute approximate surface area is 139 Å². The van der Waals surface area contributed by atoms with E-state index in [-0.39, 0.29) is 0 Å². The fraction of sp³-hybridized carbons (Fsp3) is 0.438. The number of hydrogen-bond acceptors (Lipinski definition) is 6. The smallest absolute Gasteiger partial charge is 0.299 e. The average Bonchev–Trinajstić information content (AvgIpc) is 3.26. The second-order valence-corrected chi connectivity index (χ2v) is 6.75. The molecular weight excluding hydrogens is 312 g/mol. The number of hydrogen-bond donors (Lipinski definition) is 0. The molecule has 0 atom stereocenters. The zero-order chi connectivity index (χ0) is 16.4. The van der Waals surface area contributed by atoms with Crippen molar-refractivity contribution in [3.63, 3.8) is 0 Å². The van der Waals surface area contributed by atoms with Crippen LogP contribution in [0.4, 0.5) is 5.69 Å². The van der Waals surface area contributed by atoms with Crippen molar-refractivity contribution in [3.05, 3.63) is 22.7 Å². The van der Waals surface area contributed by atoms with Crippen LogP contribution in [0.3, 0.4) is 0 Å². The third-order valence-corrected chi connectivity index (χ3v) is 4.42. The Bertz CT molecular complexity index is 723. The lowest BCUT2D eigenvalue weighted by molar-refractivity contribution is 0.377. The van der Waals surface area contributed by atoms with Crippen molar-refractivity contribution in [2.45, 2.75) is 25.7 Å². The van der Waals surface area contributed by atoms with Crippen molar-refractivity contribution >= 4 is 23.4 Å². The van der Waals surface area contributed by atoms with Gasteiger partial charge in [0.2, 0.25) is 0 Å². The lowest BCUT2D eigenvalue weighted by atomic mass is 10.2. The third kappa shape index (κ3) is 3.79. The van der Waals surface area contributed by atoms with Gasteiger partial charge in [-0.15, -0.1) is 5.10 Å². The van der Waals surface area contributed by atoms with Gasteiger partial charge >= 0.3 is 0 Å². The number of nitrogens with zero attached hydrogens (tertiary/aromatic N) is 4. The number of rotatable bonds is 6. The predicted octanol–water partition coefficient (Wildman–Crippen LogP) is 3.75. The molecule has 0 radical (unpaired) electrons. The summed E-state index contributed by atoms with van der Waals surface area (Å²) in [6.07, 6.45) is 4.17. The fourth-order valence-corrected chi connectivity index (χ4v) is 2.93. The molecule has 0 aliphatic heterocycles. The van der Waals surface area contributed by atoms with Gasteiger partial charge in [-0.3, -0.25) is 0 Å². The highest BCUT2D eigenvalue weighted by atomic mass is 32.1. The highest BCUT2D eigenvalue weighted by Crippen LogP contribution is 2.44. The minimum Gasteiger partial charge on any atom is -0.493 e. The van der Waals surface area contributed by atoms with Crippen LogP contribution in [0.25, 0.3) is 0 Å². The zero-order valence-corrected chi connectivity index (χ0v) is 14.6. The van der Waals surface area contributed by atoms with Gasteiger partial charge in [-0.05, 0) is 31.4 Å². The summed E-state index contributed by atoms with van der Waals surface area (Å²) in [6.45, 7) is 1.99. The SMILES string of the molecule is COc1cc(/N=C/N(C)C)c(C)cc1Oc1nnc(C2CC2)s1. The summed E-state index contributed by atoms with van der Waals surface area (Å²) in [6, 6.07) is 3.78. The van der Waals surface area contributed by atoms with Crippen molar-refractivity contribution < 1.29 is 9.47 Å². The quantitative estimate of drug-likeness (QED) is 0.595. The van der Waals surface area contributed by atoms with E-state index in [2.05, 4.69) is 15.2 Å². The Kier molecular flexibility index (Phi) is 4.47. The van der Waals surface area contributed by atoms with Crippen molar-refractivity contribution in [1.82, 2.24) is 15.1 Å². The van der Waals surface area contributed by atoms with Gasteiger partial charge in [0.1, 0.15) is 5.01 Å². The fourth-order valence-electron chi connectivity index (χ4n) is 2.06. The number of benzene rings is 1. The Morgan fingerprint density at radius 3 is 2.70 bits per heavy atom. The van der Waals surface area contributed by atoms with Gasteiger partial charge in [0.25, 0.3) is 5.19 Å². The Morgan fingerprint density at radius 2 is 2.04 bits per heavy atom. The van der Waals surface area contributed by atoms with E-state index in [0.717, 1.165) is 16.3 Å². The largest absolute Gasteiger partial charge is 0.493 e. The molecule has 0 amide bonds. The molecule has 0 saturated heterocycles. The van der Waals surface area contributed by atoms with Crippen LogP contribution in [-0.2, 0) is 0 Å². The van der Waals surface area contributed by atoms with E-state index in [1.165, 1.54) is 24.2 Å². The molecule has 1 heterocycles. The van der Waals surface area contributed by atoms with Crippen LogP contribution in [0.15, 0.2) is 17.1 Å². The summed E-state index contributed by atoms with van der Waals surface area (Å²) in [7, 11) is 5.48. The van der Waals surface area contributed by atoms with Crippen LogP contribution in [0, 0.1) is 6.92 Å². The molecule has 1 aliphatic carbocycles. The number of ether oxygens (including phenoxy) is 2. The minimum atomic E-state index is 0.550. The van der Waals surface area contributed by atoms with Gasteiger partial charge in [-0.2, -0.15) is 0 Å². The first-order chi connectivity index (χ1) is 11.1. The second kappa shape index (κ2) is 6.54. The maximum atomic E-state index is 5.88. The number of aryl methyl sites for hydroxylation is 1. The van der Waals surface area contributed by atoms with Crippen molar-refractivity contribution in [1.29, 1.82) is 0 Å². The third-order valence-electron chi connectivity index (χ3n) is 3.46. The van der Waals surface area contributed by atoms with Crippen molar-refractivity contribution in [2.75, 3.05) is 21.2 Å². The molecule has 6 nitrogen and oxygen atoms in total. The molecule has 0 bridgehead atoms. The summed E-state index contributed by atoms with van der Waals surface area (Å²) in [5.41, 5.74) is 1.85. The molecule has 2 aromatic rings. The first kappa shape index (κ1) is 15.7. The van der Waals surface area contributed by atoms with E-state index in [1.807, 2.05) is 38.1 Å². The number of aromatic nitrogens is 2. The van der Waals surface area contributed by atoms with Gasteiger partial charge in [-0.25, -0.2) is 4.99 Å². The van der Waals surface area contributed by atoms with E-state index in [0.29, 0.717) is 22.6 Å². The molecule has 7 heteroatoms. The maximum absolute atomic E-state index is 5.88. The molecule has 1 aromatic carbocycles. The molecule has 1 saturated carbocycles. The molecule has 0 N–H and O–H groups in total. The van der Waals surface area contributed by atoms with E-state index in [9.17, 15) is 0 Å². The zero-order valence-electron chi connectivity index (χ0n) is 13.7. The molecule has 1 fully saturated rings. The normalized spacial score (nSPS) is 14.3. The lowest BCUT2D eigenvalue weighted by Gasteiger charge is -2.11. The van der Waals surface area contributed by atoms with E-state index >= 15 is 0 Å². The van der Waals surface area contributed by atoms with Crippen molar-refractivity contribution in [3.8, 4) is 16.7 Å². The van der Waals surface area contributed by atoms with Gasteiger partial charge in [0.05, 0.1) is 19.1 Å². The van der Waals surface area contributed by atoms with Crippen LogP contribution in [0.2, 0.25) is 0 Å². The number of aliphatic imine (C=N–C) groups is 1. The second-order valence-electron chi connectivity index (χ2n) is 5.78. The summed E-state index contributed by atoms with van der Waals surface area (Å²) in [5, 5.41) is 9.91. The standard InChI is InChI=1S/C16H20N4O2S/c1-10-7-14(13(21-4)8-12(10)17-9-20(2)3)22-16-19-18-15(23-16)11-5-6-11/h7-9,11H,5-6H2,1-4H3/b17-9+. The monoisotopic (exact) mass is 332 g/mol. The average molecular weight is 332 g/mol. The minimum absolute atomic E-state index is 0.550. The topological polar surface area (TPSA) is 59.8 Å². The van der Waals surface area contributed by atoms with Crippen LogP contribution in [-0.4, -0.2) is 42.6 Å². The Balaban J connectivity index is 1.84. The van der Waals surface area contributed by atoms with Crippen LogP contribution in [0.5, 0.6) is 16.7 Å². The maximum Gasteiger partial charge on any atom is 0.299 e. The van der Waals surface area contributed by atoms with Gasteiger partial charge in [0, 0.05) is 26.1 Å². The van der Waals surface area contributed by atoms with Gasteiger partial charge in [-0.1, -0.05) is 16.4 Å². The molecule has 3 rings (SSSR count). The molecule has 1 aromatic heterocycles.